The number of urea groups is 1. The second kappa shape index (κ2) is 7.23. The molecule has 0 bridgehead atoms. The van der Waals surface area contributed by atoms with E-state index in [-0.39, 0.29) is 11.4 Å². The van der Waals surface area contributed by atoms with Crippen molar-refractivity contribution in [1.29, 1.82) is 0 Å². The zero-order chi connectivity index (χ0) is 13.4. The molecule has 1 aromatic rings. The zero-order valence-electron chi connectivity index (χ0n) is 10.0. The molecule has 0 spiro atoms. The van der Waals surface area contributed by atoms with Crippen molar-refractivity contribution in [2.75, 3.05) is 25.6 Å². The summed E-state index contributed by atoms with van der Waals surface area (Å²) in [4.78, 5) is 21.6. The first-order chi connectivity index (χ1) is 8.65. The number of ether oxygens (including phenoxy) is 1. The molecule has 0 aliphatic heterocycles. The summed E-state index contributed by atoms with van der Waals surface area (Å²) in [5.41, 5.74) is 0.0382. The summed E-state index contributed by atoms with van der Waals surface area (Å²) in [7, 11) is 1.58. The lowest BCUT2D eigenvalue weighted by atomic mass is 10.3. The van der Waals surface area contributed by atoms with Gasteiger partial charge in [-0.3, -0.25) is 10.1 Å². The molecule has 0 heterocycles. The maximum absolute atomic E-state index is 11.5. The van der Waals surface area contributed by atoms with Crippen LogP contribution < -0.4 is 10.6 Å². The molecule has 0 aromatic heterocycles. The lowest BCUT2D eigenvalue weighted by Gasteiger charge is -2.07. The van der Waals surface area contributed by atoms with Crippen LogP contribution in [0.1, 0.15) is 6.42 Å². The fourth-order valence-electron chi connectivity index (χ4n) is 1.32. The minimum Gasteiger partial charge on any atom is -0.385 e. The highest BCUT2D eigenvalue weighted by Crippen LogP contribution is 2.22. The van der Waals surface area contributed by atoms with Gasteiger partial charge < -0.3 is 15.4 Å². The van der Waals surface area contributed by atoms with Crippen molar-refractivity contribution >= 4 is 17.4 Å². The number of hydrogen-bond acceptors (Lipinski definition) is 4. The highest BCUT2D eigenvalue weighted by molar-refractivity contribution is 5.91. The predicted molar refractivity (Wildman–Crippen MR) is 66.6 cm³/mol. The van der Waals surface area contributed by atoms with E-state index in [1.807, 2.05) is 0 Å². The standard InChI is InChI=1S/C11H15N3O4/c1-18-8-4-7-12-11(15)13-9-5-2-3-6-10(9)14(16)17/h2-3,5-6H,4,7-8H2,1H3,(H2,12,13,15). The van der Waals surface area contributed by atoms with Gasteiger partial charge in [0.25, 0.3) is 5.69 Å². The van der Waals surface area contributed by atoms with Crippen molar-refractivity contribution in [1.82, 2.24) is 5.32 Å². The number of hydrogen-bond donors (Lipinski definition) is 2. The summed E-state index contributed by atoms with van der Waals surface area (Å²) in [6, 6.07) is 5.50. The highest BCUT2D eigenvalue weighted by atomic mass is 16.6. The molecule has 0 unspecified atom stereocenters. The van der Waals surface area contributed by atoms with Gasteiger partial charge in [-0.1, -0.05) is 12.1 Å². The van der Waals surface area contributed by atoms with Gasteiger partial charge in [0.15, 0.2) is 0 Å². The Morgan fingerprint density at radius 1 is 1.44 bits per heavy atom. The molecule has 98 valence electrons. The van der Waals surface area contributed by atoms with Crippen LogP contribution in [0, 0.1) is 10.1 Å². The van der Waals surface area contributed by atoms with Crippen molar-refractivity contribution < 1.29 is 14.5 Å². The number of nitrogens with zero attached hydrogens (tertiary/aromatic N) is 1. The number of para-hydroxylation sites is 2. The minimum absolute atomic E-state index is 0.135. The molecule has 0 saturated carbocycles. The smallest absolute Gasteiger partial charge is 0.319 e. The van der Waals surface area contributed by atoms with Crippen LogP contribution in [0.4, 0.5) is 16.2 Å². The normalized spacial score (nSPS) is 9.83. The van der Waals surface area contributed by atoms with E-state index >= 15 is 0 Å². The van der Waals surface area contributed by atoms with E-state index in [0.29, 0.717) is 19.6 Å². The van der Waals surface area contributed by atoms with Gasteiger partial charge in [0.1, 0.15) is 5.69 Å². The largest absolute Gasteiger partial charge is 0.385 e. The predicted octanol–water partition coefficient (Wildman–Crippen LogP) is 1.75. The summed E-state index contributed by atoms with van der Waals surface area (Å²) in [5.74, 6) is 0. The van der Waals surface area contributed by atoms with Crippen LogP contribution in [0.25, 0.3) is 0 Å². The van der Waals surface area contributed by atoms with Crippen molar-refractivity contribution in [3.8, 4) is 0 Å². The molecule has 0 saturated heterocycles. The van der Waals surface area contributed by atoms with Crippen LogP contribution >= 0.6 is 0 Å². The Hall–Kier alpha value is -2.15. The van der Waals surface area contributed by atoms with Gasteiger partial charge in [-0.25, -0.2) is 4.79 Å². The van der Waals surface area contributed by atoms with E-state index in [1.54, 1.807) is 19.2 Å². The number of methoxy groups -OCH3 is 1. The summed E-state index contributed by atoms with van der Waals surface area (Å²) < 4.78 is 4.83. The molecule has 0 radical (unpaired) electrons. The third kappa shape index (κ3) is 4.38. The van der Waals surface area contributed by atoms with Crippen molar-refractivity contribution in [3.63, 3.8) is 0 Å². The summed E-state index contributed by atoms with van der Waals surface area (Å²) in [6.07, 6.45) is 0.681. The van der Waals surface area contributed by atoms with Gasteiger partial charge in [-0.05, 0) is 12.5 Å². The van der Waals surface area contributed by atoms with Gasteiger partial charge in [-0.15, -0.1) is 0 Å². The van der Waals surface area contributed by atoms with Gasteiger partial charge in [-0.2, -0.15) is 0 Å². The van der Waals surface area contributed by atoms with Crippen molar-refractivity contribution in [3.05, 3.63) is 34.4 Å². The second-order valence-electron chi connectivity index (χ2n) is 3.50. The number of nitrogens with one attached hydrogen (secondary N) is 2. The van der Waals surface area contributed by atoms with E-state index in [1.165, 1.54) is 12.1 Å². The van der Waals surface area contributed by atoms with Gasteiger partial charge >= 0.3 is 6.03 Å². The van der Waals surface area contributed by atoms with Crippen molar-refractivity contribution in [2.24, 2.45) is 0 Å². The van der Waals surface area contributed by atoms with E-state index in [9.17, 15) is 14.9 Å². The first kappa shape index (κ1) is 13.9. The third-order valence-corrected chi connectivity index (χ3v) is 2.16. The van der Waals surface area contributed by atoms with Gasteiger partial charge in [0, 0.05) is 26.3 Å². The molecule has 0 aliphatic rings. The topological polar surface area (TPSA) is 93.5 Å². The number of benzene rings is 1. The first-order valence-corrected chi connectivity index (χ1v) is 5.42. The molecular formula is C11H15N3O4. The molecular weight excluding hydrogens is 238 g/mol. The summed E-state index contributed by atoms with van der Waals surface area (Å²) >= 11 is 0. The molecule has 18 heavy (non-hydrogen) atoms. The van der Waals surface area contributed by atoms with Crippen molar-refractivity contribution in [2.45, 2.75) is 6.42 Å². The highest BCUT2D eigenvalue weighted by Gasteiger charge is 2.13. The number of carbonyl (C=O) groups is 1. The van der Waals surface area contributed by atoms with E-state index < -0.39 is 11.0 Å². The monoisotopic (exact) mass is 253 g/mol. The quantitative estimate of drug-likeness (QED) is 0.459. The lowest BCUT2D eigenvalue weighted by molar-refractivity contribution is -0.383. The van der Waals surface area contributed by atoms with E-state index in [0.717, 1.165) is 0 Å². The Morgan fingerprint density at radius 3 is 2.83 bits per heavy atom. The number of carbonyl (C=O) groups excluding carboxylic acids is 1. The second-order valence-corrected chi connectivity index (χ2v) is 3.50. The molecule has 2 amide bonds. The minimum atomic E-state index is -0.541. The van der Waals surface area contributed by atoms with Crippen LogP contribution in [0.3, 0.4) is 0 Å². The average molecular weight is 253 g/mol. The molecule has 0 aliphatic carbocycles. The Bertz CT molecular complexity index is 423. The van der Waals surface area contributed by atoms with E-state index in [4.69, 9.17) is 4.74 Å². The van der Waals surface area contributed by atoms with Crippen LogP contribution in [0.15, 0.2) is 24.3 Å². The molecule has 0 atom stereocenters. The molecule has 7 nitrogen and oxygen atoms in total. The SMILES string of the molecule is COCCCNC(=O)Nc1ccccc1[N+](=O)[O-]. The van der Waals surface area contributed by atoms with Crippen LogP contribution in [-0.4, -0.2) is 31.2 Å². The first-order valence-electron chi connectivity index (χ1n) is 5.42. The number of nitro benzene ring substituents is 1. The average Bonchev–Trinajstić information content (AvgIpc) is 2.35. The Labute approximate surface area is 104 Å². The van der Waals surface area contributed by atoms with Crippen LogP contribution in [0.5, 0.6) is 0 Å². The Morgan fingerprint density at radius 2 is 2.17 bits per heavy atom. The fraction of sp³-hybridized carbons (Fsp3) is 0.364. The molecule has 7 heteroatoms. The third-order valence-electron chi connectivity index (χ3n) is 2.16. The Balaban J connectivity index is 2.51. The van der Waals surface area contributed by atoms with Crippen LogP contribution in [-0.2, 0) is 4.74 Å². The Kier molecular flexibility index (Phi) is 5.59. The van der Waals surface area contributed by atoms with Crippen LogP contribution in [0.2, 0.25) is 0 Å². The zero-order valence-corrected chi connectivity index (χ0v) is 10.0. The number of amides is 2. The molecule has 0 fully saturated rings. The maximum atomic E-state index is 11.5. The summed E-state index contributed by atoms with van der Waals surface area (Å²) in [5, 5.41) is 15.7. The number of anilines is 1. The lowest BCUT2D eigenvalue weighted by Crippen LogP contribution is -2.30. The van der Waals surface area contributed by atoms with Gasteiger partial charge in [0.2, 0.25) is 0 Å². The van der Waals surface area contributed by atoms with Gasteiger partial charge in [0.05, 0.1) is 4.92 Å². The maximum Gasteiger partial charge on any atom is 0.319 e. The summed E-state index contributed by atoms with van der Waals surface area (Å²) in [6.45, 7) is 0.992. The molecule has 2 N–H and O–H groups in total. The number of nitro groups is 1. The fourth-order valence-corrected chi connectivity index (χ4v) is 1.32. The number of rotatable bonds is 6. The van der Waals surface area contributed by atoms with E-state index in [2.05, 4.69) is 10.6 Å². The molecule has 1 aromatic carbocycles. The molecule has 1 rings (SSSR count).